The molecule has 0 saturated heterocycles. The molecular formula is C16H17BrN2O. The van der Waals surface area contributed by atoms with Crippen molar-refractivity contribution in [3.05, 3.63) is 57.8 Å². The van der Waals surface area contributed by atoms with Gasteiger partial charge in [0.2, 0.25) is 0 Å². The standard InChI is InChI=1S/C16H17BrN2O/c17-12-4-5-13(19-9-12)10-20-14-6-7-15-11(8-14)2-1-3-16(15)18/h4-9,16H,1-3,10,18H2. The Morgan fingerprint density at radius 2 is 2.20 bits per heavy atom. The Morgan fingerprint density at radius 1 is 1.30 bits per heavy atom. The molecule has 0 bridgehead atoms. The highest BCUT2D eigenvalue weighted by Crippen LogP contribution is 2.30. The van der Waals surface area contributed by atoms with Gasteiger partial charge in [0.1, 0.15) is 12.4 Å². The smallest absolute Gasteiger partial charge is 0.130 e. The Morgan fingerprint density at radius 3 is 3.00 bits per heavy atom. The van der Waals surface area contributed by atoms with Crippen molar-refractivity contribution < 1.29 is 4.74 Å². The maximum Gasteiger partial charge on any atom is 0.130 e. The molecule has 0 fully saturated rings. The van der Waals surface area contributed by atoms with Gasteiger partial charge < -0.3 is 10.5 Å². The number of ether oxygens (including phenoxy) is 1. The van der Waals surface area contributed by atoms with E-state index in [-0.39, 0.29) is 6.04 Å². The van der Waals surface area contributed by atoms with Crippen LogP contribution in [0.5, 0.6) is 5.75 Å². The minimum atomic E-state index is 0.181. The van der Waals surface area contributed by atoms with Gasteiger partial charge in [0, 0.05) is 16.7 Å². The summed E-state index contributed by atoms with van der Waals surface area (Å²) < 4.78 is 6.79. The lowest BCUT2D eigenvalue weighted by atomic mass is 9.88. The molecule has 3 rings (SSSR count). The number of rotatable bonds is 3. The van der Waals surface area contributed by atoms with E-state index in [2.05, 4.69) is 33.0 Å². The average Bonchev–Trinajstić information content (AvgIpc) is 2.47. The van der Waals surface area contributed by atoms with Crippen molar-refractivity contribution in [3.8, 4) is 5.75 Å². The topological polar surface area (TPSA) is 48.1 Å². The average molecular weight is 333 g/mol. The quantitative estimate of drug-likeness (QED) is 0.930. The largest absolute Gasteiger partial charge is 0.487 e. The number of hydrogen-bond acceptors (Lipinski definition) is 3. The number of halogens is 1. The number of aromatic nitrogens is 1. The highest BCUT2D eigenvalue weighted by Gasteiger charge is 2.16. The molecule has 1 unspecified atom stereocenters. The Bertz CT molecular complexity index is 598. The second kappa shape index (κ2) is 5.94. The minimum Gasteiger partial charge on any atom is -0.487 e. The van der Waals surface area contributed by atoms with Crippen molar-refractivity contribution >= 4 is 15.9 Å². The minimum absolute atomic E-state index is 0.181. The summed E-state index contributed by atoms with van der Waals surface area (Å²) >= 11 is 3.37. The zero-order valence-corrected chi connectivity index (χ0v) is 12.8. The maximum absolute atomic E-state index is 6.12. The SMILES string of the molecule is NC1CCCc2cc(OCc3ccc(Br)cn3)ccc21. The summed E-state index contributed by atoms with van der Waals surface area (Å²) in [5.74, 6) is 0.891. The van der Waals surface area contributed by atoms with Crippen LogP contribution >= 0.6 is 15.9 Å². The van der Waals surface area contributed by atoms with E-state index in [1.54, 1.807) is 6.20 Å². The molecule has 4 heteroatoms. The van der Waals surface area contributed by atoms with Crippen LogP contribution in [-0.2, 0) is 13.0 Å². The number of aryl methyl sites for hydroxylation is 1. The van der Waals surface area contributed by atoms with Crippen LogP contribution in [0.15, 0.2) is 41.0 Å². The highest BCUT2D eigenvalue weighted by atomic mass is 79.9. The number of pyridine rings is 1. The van der Waals surface area contributed by atoms with Gasteiger partial charge in [-0.25, -0.2) is 0 Å². The van der Waals surface area contributed by atoms with Crippen LogP contribution in [0.2, 0.25) is 0 Å². The molecule has 1 atom stereocenters. The third-order valence-electron chi connectivity index (χ3n) is 3.65. The van der Waals surface area contributed by atoms with Crippen molar-refractivity contribution in [2.45, 2.75) is 31.9 Å². The number of nitrogens with two attached hydrogens (primary N) is 1. The van der Waals surface area contributed by atoms with Crippen molar-refractivity contribution in [2.75, 3.05) is 0 Å². The molecule has 0 spiro atoms. The molecule has 1 aliphatic rings. The van der Waals surface area contributed by atoms with Crippen molar-refractivity contribution in [1.82, 2.24) is 4.98 Å². The molecule has 104 valence electrons. The van der Waals surface area contributed by atoms with Crippen LogP contribution in [0, 0.1) is 0 Å². The van der Waals surface area contributed by atoms with Crippen LogP contribution in [-0.4, -0.2) is 4.98 Å². The molecular weight excluding hydrogens is 316 g/mol. The van der Waals surface area contributed by atoms with Gasteiger partial charge in [-0.05, 0) is 70.6 Å². The zero-order valence-electron chi connectivity index (χ0n) is 11.2. The first-order valence-electron chi connectivity index (χ1n) is 6.84. The van der Waals surface area contributed by atoms with E-state index in [1.165, 1.54) is 11.1 Å². The molecule has 1 aromatic carbocycles. The van der Waals surface area contributed by atoms with Gasteiger partial charge in [0.05, 0.1) is 5.69 Å². The summed E-state index contributed by atoms with van der Waals surface area (Å²) in [5.41, 5.74) is 9.63. The highest BCUT2D eigenvalue weighted by molar-refractivity contribution is 9.10. The second-order valence-corrected chi connectivity index (χ2v) is 6.03. The fourth-order valence-corrected chi connectivity index (χ4v) is 2.80. The monoisotopic (exact) mass is 332 g/mol. The summed E-state index contributed by atoms with van der Waals surface area (Å²) in [7, 11) is 0. The second-order valence-electron chi connectivity index (χ2n) is 5.12. The normalized spacial score (nSPS) is 17.6. The first-order valence-corrected chi connectivity index (χ1v) is 7.63. The molecule has 1 aromatic heterocycles. The van der Waals surface area contributed by atoms with E-state index in [0.717, 1.165) is 35.2 Å². The predicted octanol–water partition coefficient (Wildman–Crippen LogP) is 3.76. The third-order valence-corrected chi connectivity index (χ3v) is 4.12. The van der Waals surface area contributed by atoms with E-state index < -0.39 is 0 Å². The van der Waals surface area contributed by atoms with Gasteiger partial charge in [0.25, 0.3) is 0 Å². The van der Waals surface area contributed by atoms with Crippen molar-refractivity contribution in [1.29, 1.82) is 0 Å². The van der Waals surface area contributed by atoms with Gasteiger partial charge in [-0.3, -0.25) is 4.98 Å². The van der Waals surface area contributed by atoms with Crippen LogP contribution < -0.4 is 10.5 Å². The molecule has 0 aliphatic heterocycles. The first kappa shape index (κ1) is 13.6. The van der Waals surface area contributed by atoms with E-state index in [1.807, 2.05) is 18.2 Å². The summed E-state index contributed by atoms with van der Waals surface area (Å²) in [6.45, 7) is 0.484. The molecule has 0 amide bonds. The first-order chi connectivity index (χ1) is 9.72. The maximum atomic E-state index is 6.12. The fourth-order valence-electron chi connectivity index (χ4n) is 2.57. The Labute approximate surface area is 127 Å². The van der Waals surface area contributed by atoms with Crippen LogP contribution in [0.4, 0.5) is 0 Å². The zero-order chi connectivity index (χ0) is 13.9. The molecule has 1 aliphatic carbocycles. The van der Waals surface area contributed by atoms with Gasteiger partial charge in [-0.2, -0.15) is 0 Å². The molecule has 3 nitrogen and oxygen atoms in total. The fraction of sp³-hybridized carbons (Fsp3) is 0.312. The van der Waals surface area contributed by atoms with Gasteiger partial charge in [-0.1, -0.05) is 6.07 Å². The summed E-state index contributed by atoms with van der Waals surface area (Å²) in [5, 5.41) is 0. The Kier molecular flexibility index (Phi) is 4.03. The molecule has 0 saturated carbocycles. The van der Waals surface area contributed by atoms with Crippen LogP contribution in [0.1, 0.15) is 35.7 Å². The molecule has 0 radical (unpaired) electrons. The molecule has 1 heterocycles. The van der Waals surface area contributed by atoms with Crippen LogP contribution in [0.25, 0.3) is 0 Å². The van der Waals surface area contributed by atoms with E-state index in [0.29, 0.717) is 6.61 Å². The lowest BCUT2D eigenvalue weighted by Gasteiger charge is -2.22. The van der Waals surface area contributed by atoms with Gasteiger partial charge in [0.15, 0.2) is 0 Å². The summed E-state index contributed by atoms with van der Waals surface area (Å²) in [4.78, 5) is 4.30. The Hall–Kier alpha value is -1.39. The molecule has 2 N–H and O–H groups in total. The summed E-state index contributed by atoms with van der Waals surface area (Å²) in [6, 6.07) is 10.3. The number of nitrogens with zero attached hydrogens (tertiary/aromatic N) is 1. The number of fused-ring (bicyclic) bond motifs is 1. The van der Waals surface area contributed by atoms with E-state index >= 15 is 0 Å². The number of benzene rings is 1. The van der Waals surface area contributed by atoms with Crippen molar-refractivity contribution in [2.24, 2.45) is 5.73 Å². The third kappa shape index (κ3) is 3.02. The lowest BCUT2D eigenvalue weighted by molar-refractivity contribution is 0.300. The summed E-state index contributed by atoms with van der Waals surface area (Å²) in [6.07, 6.45) is 5.11. The van der Waals surface area contributed by atoms with E-state index in [9.17, 15) is 0 Å². The van der Waals surface area contributed by atoms with Gasteiger partial charge in [-0.15, -0.1) is 0 Å². The Balaban J connectivity index is 1.70. The predicted molar refractivity (Wildman–Crippen MR) is 82.6 cm³/mol. The van der Waals surface area contributed by atoms with Crippen LogP contribution in [0.3, 0.4) is 0 Å². The number of hydrogen-bond donors (Lipinski definition) is 1. The molecule has 20 heavy (non-hydrogen) atoms. The van der Waals surface area contributed by atoms with Gasteiger partial charge >= 0.3 is 0 Å². The molecule has 2 aromatic rings. The van der Waals surface area contributed by atoms with Crippen molar-refractivity contribution in [3.63, 3.8) is 0 Å². The lowest BCUT2D eigenvalue weighted by Crippen LogP contribution is -2.17. The van der Waals surface area contributed by atoms with E-state index in [4.69, 9.17) is 10.5 Å².